The van der Waals surface area contributed by atoms with E-state index in [2.05, 4.69) is 124 Å². The van der Waals surface area contributed by atoms with Crippen LogP contribution in [0.25, 0.3) is 86.6 Å². The molecule has 4 heterocycles. The fourth-order valence-electron chi connectivity index (χ4n) is 6.77. The molecule has 0 amide bonds. The minimum absolute atomic E-state index is 0.898. The van der Waals surface area contributed by atoms with Crippen LogP contribution in [0.5, 0.6) is 0 Å². The number of para-hydroxylation sites is 4. The molecule has 0 N–H and O–H groups in total. The fraction of sp³-hybridized carbons (Fsp3) is 0. The van der Waals surface area contributed by atoms with Gasteiger partial charge in [0.2, 0.25) is 0 Å². The lowest BCUT2D eigenvalue weighted by Crippen LogP contribution is -1.95. The highest BCUT2D eigenvalue weighted by Crippen LogP contribution is 2.42. The van der Waals surface area contributed by atoms with Crippen LogP contribution in [-0.4, -0.2) is 14.1 Å². The summed E-state index contributed by atoms with van der Waals surface area (Å²) < 4.78 is 12.1. The number of aromatic nitrogens is 3. The molecule has 0 bridgehead atoms. The van der Waals surface area contributed by atoms with Gasteiger partial charge in [-0.25, -0.2) is 4.98 Å². The Morgan fingerprint density at radius 2 is 1.14 bits per heavy atom. The Hall–Kier alpha value is -5.39. The van der Waals surface area contributed by atoms with Crippen LogP contribution >= 0.6 is 11.3 Å². The summed E-state index contributed by atoms with van der Waals surface area (Å²) >= 11 is 1.73. The third-order valence-electron chi connectivity index (χ3n) is 8.56. The molecule has 0 saturated carbocycles. The number of furan rings is 1. The van der Waals surface area contributed by atoms with Crippen LogP contribution in [0.3, 0.4) is 0 Å². The lowest BCUT2D eigenvalue weighted by Gasteiger charge is -2.08. The topological polar surface area (TPSA) is 35.9 Å². The molecule has 196 valence electrons. The third-order valence-corrected chi connectivity index (χ3v) is 9.63. The summed E-state index contributed by atoms with van der Waals surface area (Å²) in [4.78, 5) is 5.23. The van der Waals surface area contributed by atoms with Crippen LogP contribution < -0.4 is 0 Å². The molecule has 10 aromatic rings. The second-order valence-electron chi connectivity index (χ2n) is 10.8. The molecule has 0 spiro atoms. The van der Waals surface area contributed by atoms with E-state index in [0.29, 0.717) is 0 Å². The van der Waals surface area contributed by atoms with E-state index < -0.39 is 0 Å². The molecule has 0 aliphatic rings. The van der Waals surface area contributed by atoms with Gasteiger partial charge in [0.25, 0.3) is 0 Å². The van der Waals surface area contributed by atoms with Gasteiger partial charge < -0.3 is 8.98 Å². The first-order valence-electron chi connectivity index (χ1n) is 14.1. The van der Waals surface area contributed by atoms with Crippen LogP contribution in [0.15, 0.2) is 132 Å². The molecule has 5 heteroatoms. The van der Waals surface area contributed by atoms with E-state index in [1.165, 1.54) is 32.6 Å². The minimum atomic E-state index is 0.898. The zero-order chi connectivity index (χ0) is 27.4. The molecule has 0 fully saturated rings. The van der Waals surface area contributed by atoms with E-state index in [-0.39, 0.29) is 0 Å². The van der Waals surface area contributed by atoms with Crippen molar-refractivity contribution in [1.29, 1.82) is 0 Å². The van der Waals surface area contributed by atoms with Crippen molar-refractivity contribution in [3.8, 4) is 10.8 Å². The zero-order valence-electron chi connectivity index (χ0n) is 22.3. The zero-order valence-corrected chi connectivity index (χ0v) is 23.1. The number of hydrogen-bond acceptors (Lipinski definition) is 3. The lowest BCUT2D eigenvalue weighted by molar-refractivity contribution is 0.669. The van der Waals surface area contributed by atoms with E-state index in [0.717, 1.165) is 54.0 Å². The normalized spacial score (nSPS) is 12.3. The Bertz CT molecular complexity index is 2690. The molecular weight excluding hydrogens is 534 g/mol. The highest BCUT2D eigenvalue weighted by atomic mass is 32.1. The van der Waals surface area contributed by atoms with Crippen molar-refractivity contribution < 1.29 is 4.42 Å². The van der Waals surface area contributed by atoms with Crippen LogP contribution in [0.2, 0.25) is 0 Å². The van der Waals surface area contributed by atoms with Crippen molar-refractivity contribution in [3.05, 3.63) is 127 Å². The van der Waals surface area contributed by atoms with Crippen molar-refractivity contribution in [1.82, 2.24) is 14.1 Å². The molecule has 0 saturated heterocycles. The van der Waals surface area contributed by atoms with E-state index in [1.807, 2.05) is 12.1 Å². The second-order valence-corrected chi connectivity index (χ2v) is 11.8. The molecule has 42 heavy (non-hydrogen) atoms. The SMILES string of the molecule is c1ccc(-n2c3ccccc3c3cc4c5ccccc5n(-c5nc6ccc7oc8ccccc8c7c6s5)c4cc32)cc1. The highest BCUT2D eigenvalue weighted by molar-refractivity contribution is 7.22. The smallest absolute Gasteiger partial charge is 0.195 e. The van der Waals surface area contributed by atoms with Crippen LogP contribution in [-0.2, 0) is 0 Å². The first-order valence-corrected chi connectivity index (χ1v) is 14.9. The monoisotopic (exact) mass is 555 g/mol. The molecule has 10 rings (SSSR count). The Morgan fingerprint density at radius 1 is 0.500 bits per heavy atom. The van der Waals surface area contributed by atoms with Crippen molar-refractivity contribution in [2.24, 2.45) is 0 Å². The fourth-order valence-corrected chi connectivity index (χ4v) is 7.92. The largest absolute Gasteiger partial charge is 0.456 e. The van der Waals surface area contributed by atoms with Crippen LogP contribution in [0, 0.1) is 0 Å². The maximum atomic E-state index is 6.20. The van der Waals surface area contributed by atoms with Gasteiger partial charge in [0.05, 0.1) is 32.3 Å². The molecule has 0 aliphatic carbocycles. The van der Waals surface area contributed by atoms with Crippen molar-refractivity contribution in [2.75, 3.05) is 0 Å². The minimum Gasteiger partial charge on any atom is -0.456 e. The van der Waals surface area contributed by atoms with E-state index in [1.54, 1.807) is 11.3 Å². The average molecular weight is 556 g/mol. The van der Waals surface area contributed by atoms with Crippen molar-refractivity contribution in [3.63, 3.8) is 0 Å². The molecule has 4 aromatic heterocycles. The number of nitrogens with zero attached hydrogens (tertiary/aromatic N) is 3. The number of thiazole rings is 1. The summed E-state index contributed by atoms with van der Waals surface area (Å²) in [6.45, 7) is 0. The Kier molecular flexibility index (Phi) is 4.30. The van der Waals surface area contributed by atoms with E-state index in [4.69, 9.17) is 9.40 Å². The van der Waals surface area contributed by atoms with Gasteiger partial charge in [0.1, 0.15) is 11.2 Å². The molecule has 4 nitrogen and oxygen atoms in total. The number of benzene rings is 6. The Balaban J connectivity index is 1.35. The third kappa shape index (κ3) is 2.88. The van der Waals surface area contributed by atoms with Gasteiger partial charge >= 0.3 is 0 Å². The summed E-state index contributed by atoms with van der Waals surface area (Å²) in [5.74, 6) is 0. The van der Waals surface area contributed by atoms with Gasteiger partial charge in [0.15, 0.2) is 5.13 Å². The van der Waals surface area contributed by atoms with Crippen molar-refractivity contribution in [2.45, 2.75) is 0 Å². The van der Waals surface area contributed by atoms with Crippen molar-refractivity contribution >= 4 is 87.1 Å². The molecule has 0 aliphatic heterocycles. The molecular formula is C37H21N3OS. The van der Waals surface area contributed by atoms with E-state index in [9.17, 15) is 0 Å². The molecule has 0 atom stereocenters. The second kappa shape index (κ2) is 8.09. The van der Waals surface area contributed by atoms with Gasteiger partial charge in [-0.3, -0.25) is 4.57 Å². The van der Waals surface area contributed by atoms with Crippen LogP contribution in [0.1, 0.15) is 0 Å². The van der Waals surface area contributed by atoms with E-state index >= 15 is 0 Å². The number of rotatable bonds is 2. The predicted molar refractivity (Wildman–Crippen MR) is 176 cm³/mol. The Labute approximate surface area is 243 Å². The maximum absolute atomic E-state index is 6.20. The first kappa shape index (κ1) is 22.3. The quantitative estimate of drug-likeness (QED) is 0.213. The number of fused-ring (bicyclic) bond motifs is 11. The predicted octanol–water partition coefficient (Wildman–Crippen LogP) is 10.4. The average Bonchev–Trinajstić information content (AvgIpc) is 3.79. The number of hydrogen-bond donors (Lipinski definition) is 0. The van der Waals surface area contributed by atoms with Gasteiger partial charge in [0, 0.05) is 38.0 Å². The van der Waals surface area contributed by atoms with Crippen LogP contribution in [0.4, 0.5) is 0 Å². The Morgan fingerprint density at radius 3 is 1.93 bits per heavy atom. The molecule has 6 aromatic carbocycles. The summed E-state index contributed by atoms with van der Waals surface area (Å²) in [5, 5.41) is 8.18. The maximum Gasteiger partial charge on any atom is 0.195 e. The summed E-state index contributed by atoms with van der Waals surface area (Å²) in [6.07, 6.45) is 0. The van der Waals surface area contributed by atoms with Gasteiger partial charge in [-0.15, -0.1) is 0 Å². The molecule has 0 radical (unpaired) electrons. The highest BCUT2D eigenvalue weighted by Gasteiger charge is 2.21. The van der Waals surface area contributed by atoms with Gasteiger partial charge in [-0.2, -0.15) is 0 Å². The van der Waals surface area contributed by atoms with Gasteiger partial charge in [-0.1, -0.05) is 84.1 Å². The summed E-state index contributed by atoms with van der Waals surface area (Å²) in [6, 6.07) is 45.1. The summed E-state index contributed by atoms with van der Waals surface area (Å²) in [7, 11) is 0. The molecule has 0 unspecified atom stereocenters. The first-order chi connectivity index (χ1) is 20.8. The standard InChI is InChI=1S/C37H21N3OS/c1-2-10-22(11-3-1)39-29-15-7-4-12-23(29)26-20-27-24-13-5-8-16-30(24)40(32(27)21-31(26)39)37-38-28-18-19-34-35(36(28)42-37)25-14-6-9-17-33(25)41-34/h1-21H. The lowest BCUT2D eigenvalue weighted by atomic mass is 10.1. The van der Waals surface area contributed by atoms with Gasteiger partial charge in [-0.05, 0) is 54.6 Å². The summed E-state index contributed by atoms with van der Waals surface area (Å²) in [5.41, 5.74) is 8.64.